The number of ether oxygens (including phenoxy) is 1. The predicted molar refractivity (Wildman–Crippen MR) is 69.1 cm³/mol. The molecule has 0 spiro atoms. The van der Waals surface area contributed by atoms with Gasteiger partial charge >= 0.3 is 0 Å². The smallest absolute Gasteiger partial charge is 0.129 e. The Morgan fingerprint density at radius 3 is 2.47 bits per heavy atom. The van der Waals surface area contributed by atoms with E-state index in [0.717, 1.165) is 12.2 Å². The maximum absolute atomic E-state index is 8.76. The Bertz CT molecular complexity index is 367. The van der Waals surface area contributed by atoms with Gasteiger partial charge in [-0.15, -0.1) is 0 Å². The molecule has 0 aliphatic carbocycles. The van der Waals surface area contributed by atoms with Crippen molar-refractivity contribution in [3.8, 4) is 11.8 Å². The van der Waals surface area contributed by atoms with Gasteiger partial charge in [-0.3, -0.25) is 0 Å². The molecule has 0 saturated carbocycles. The van der Waals surface area contributed by atoms with E-state index in [1.165, 1.54) is 5.56 Å². The van der Waals surface area contributed by atoms with Gasteiger partial charge in [0.25, 0.3) is 0 Å². The number of hydrogen-bond donors (Lipinski definition) is 1. The van der Waals surface area contributed by atoms with Crippen molar-refractivity contribution in [3.05, 3.63) is 29.8 Å². The number of hydrogen-bond acceptors (Lipinski definition) is 3. The molecule has 0 aliphatic rings. The third kappa shape index (κ3) is 4.08. The van der Waals surface area contributed by atoms with E-state index in [9.17, 15) is 0 Å². The lowest BCUT2D eigenvalue weighted by Gasteiger charge is -2.12. The Hall–Kier alpha value is -1.53. The molecule has 92 valence electrons. The first-order chi connectivity index (χ1) is 8.21. The van der Waals surface area contributed by atoms with Crippen LogP contribution in [0.25, 0.3) is 0 Å². The maximum atomic E-state index is 8.76. The van der Waals surface area contributed by atoms with Crippen LogP contribution >= 0.6 is 0 Å². The highest BCUT2D eigenvalue weighted by molar-refractivity contribution is 5.29. The Morgan fingerprint density at radius 2 is 2.00 bits per heavy atom. The van der Waals surface area contributed by atoms with Crippen LogP contribution in [0.15, 0.2) is 24.3 Å². The molecule has 0 heterocycles. The molecular formula is C14H20N2O. The summed E-state index contributed by atoms with van der Waals surface area (Å²) in [4.78, 5) is 0. The highest BCUT2D eigenvalue weighted by Crippen LogP contribution is 2.21. The zero-order chi connectivity index (χ0) is 12.7. The first-order valence-electron chi connectivity index (χ1n) is 6.00. The molecule has 0 fully saturated rings. The summed E-state index contributed by atoms with van der Waals surface area (Å²) in [5.74, 6) is 1.39. The van der Waals surface area contributed by atoms with Crippen molar-refractivity contribution < 1.29 is 4.74 Å². The van der Waals surface area contributed by atoms with E-state index >= 15 is 0 Å². The summed E-state index contributed by atoms with van der Waals surface area (Å²) >= 11 is 0. The summed E-state index contributed by atoms with van der Waals surface area (Å²) in [6.07, 6.45) is 1.14. The molecule has 0 aromatic heterocycles. The van der Waals surface area contributed by atoms with Crippen LogP contribution in [0.1, 0.15) is 31.7 Å². The predicted octanol–water partition coefficient (Wildman–Crippen LogP) is 2.69. The Kier molecular flexibility index (Phi) is 5.51. The van der Waals surface area contributed by atoms with Gasteiger partial charge < -0.3 is 10.1 Å². The average Bonchev–Trinajstić information content (AvgIpc) is 2.39. The van der Waals surface area contributed by atoms with E-state index in [4.69, 9.17) is 10.00 Å². The average molecular weight is 232 g/mol. The fourth-order valence-electron chi connectivity index (χ4n) is 1.49. The van der Waals surface area contributed by atoms with Gasteiger partial charge in [0.1, 0.15) is 18.4 Å². The van der Waals surface area contributed by atoms with E-state index in [1.807, 2.05) is 12.1 Å². The fraction of sp³-hybridized carbons (Fsp3) is 0.500. The molecule has 1 aromatic rings. The number of nitrogens with one attached hydrogen (secondary N) is 1. The number of nitrogens with zero attached hydrogens (tertiary/aromatic N) is 1. The molecule has 0 aliphatic heterocycles. The second kappa shape index (κ2) is 6.93. The fourth-order valence-corrected chi connectivity index (χ4v) is 1.49. The lowest BCUT2D eigenvalue weighted by molar-refractivity contribution is 0.295. The summed E-state index contributed by atoms with van der Waals surface area (Å²) in [7, 11) is 1.75. The molecule has 2 atom stereocenters. The van der Waals surface area contributed by atoms with Crippen molar-refractivity contribution in [2.45, 2.75) is 32.2 Å². The summed E-state index contributed by atoms with van der Waals surface area (Å²) < 4.78 is 5.53. The minimum atomic E-state index is -0.260. The van der Waals surface area contributed by atoms with Gasteiger partial charge in [0.2, 0.25) is 0 Å². The number of likely N-dealkylation sites (N-methyl/N-ethyl adjacent to an activating group) is 1. The van der Waals surface area contributed by atoms with Crippen molar-refractivity contribution in [1.29, 1.82) is 5.26 Å². The minimum Gasteiger partial charge on any atom is -0.491 e. The monoisotopic (exact) mass is 232 g/mol. The number of rotatable bonds is 6. The molecule has 0 bridgehead atoms. The summed E-state index contributed by atoms with van der Waals surface area (Å²) in [6.45, 7) is 4.76. The molecular weight excluding hydrogens is 212 g/mol. The molecule has 0 amide bonds. The Morgan fingerprint density at radius 1 is 1.35 bits per heavy atom. The van der Waals surface area contributed by atoms with Crippen molar-refractivity contribution in [1.82, 2.24) is 5.32 Å². The van der Waals surface area contributed by atoms with Gasteiger partial charge in [0.15, 0.2) is 0 Å². The maximum Gasteiger partial charge on any atom is 0.129 e. The topological polar surface area (TPSA) is 45.0 Å². The third-order valence-electron chi connectivity index (χ3n) is 2.98. The van der Waals surface area contributed by atoms with Crippen molar-refractivity contribution in [3.63, 3.8) is 0 Å². The molecule has 0 radical (unpaired) electrons. The SMILES string of the molecule is CCC(C)c1ccc(OCC(C#N)NC)cc1. The van der Waals surface area contributed by atoms with Gasteiger partial charge in [0, 0.05) is 0 Å². The molecule has 2 unspecified atom stereocenters. The summed E-state index contributed by atoms with van der Waals surface area (Å²) in [6, 6.07) is 9.97. The van der Waals surface area contributed by atoms with Crippen LogP contribution in [0.4, 0.5) is 0 Å². The first-order valence-corrected chi connectivity index (χ1v) is 6.00. The van der Waals surface area contributed by atoms with Crippen LogP contribution in [-0.4, -0.2) is 19.7 Å². The van der Waals surface area contributed by atoms with Gasteiger partial charge in [-0.1, -0.05) is 26.0 Å². The van der Waals surface area contributed by atoms with E-state index < -0.39 is 0 Å². The van der Waals surface area contributed by atoms with E-state index in [1.54, 1.807) is 7.05 Å². The molecule has 1 aromatic carbocycles. The van der Waals surface area contributed by atoms with E-state index in [-0.39, 0.29) is 6.04 Å². The van der Waals surface area contributed by atoms with Crippen LogP contribution < -0.4 is 10.1 Å². The van der Waals surface area contributed by atoms with E-state index in [2.05, 4.69) is 37.4 Å². The lowest BCUT2D eigenvalue weighted by atomic mass is 9.99. The van der Waals surface area contributed by atoms with Gasteiger partial charge in [-0.25, -0.2) is 0 Å². The zero-order valence-corrected chi connectivity index (χ0v) is 10.7. The number of benzene rings is 1. The zero-order valence-electron chi connectivity index (χ0n) is 10.7. The molecule has 0 saturated heterocycles. The highest BCUT2D eigenvalue weighted by Gasteiger charge is 2.06. The van der Waals surface area contributed by atoms with Gasteiger partial charge in [0.05, 0.1) is 6.07 Å². The van der Waals surface area contributed by atoms with Crippen LogP contribution in [0.2, 0.25) is 0 Å². The van der Waals surface area contributed by atoms with Crippen LogP contribution in [0.5, 0.6) is 5.75 Å². The van der Waals surface area contributed by atoms with E-state index in [0.29, 0.717) is 12.5 Å². The second-order valence-corrected chi connectivity index (χ2v) is 4.16. The molecule has 1 rings (SSSR count). The minimum absolute atomic E-state index is 0.260. The van der Waals surface area contributed by atoms with Crippen LogP contribution in [0, 0.1) is 11.3 Å². The standard InChI is InChI=1S/C14H20N2O/c1-4-11(2)12-5-7-14(8-6-12)17-10-13(9-15)16-3/h5-8,11,13,16H,4,10H2,1-3H3. The summed E-state index contributed by atoms with van der Waals surface area (Å²) in [5.41, 5.74) is 1.32. The molecule has 3 heteroatoms. The molecule has 17 heavy (non-hydrogen) atoms. The van der Waals surface area contributed by atoms with Crippen molar-refractivity contribution in [2.24, 2.45) is 0 Å². The number of nitriles is 1. The van der Waals surface area contributed by atoms with Crippen molar-refractivity contribution >= 4 is 0 Å². The van der Waals surface area contributed by atoms with Gasteiger partial charge in [-0.2, -0.15) is 5.26 Å². The third-order valence-corrected chi connectivity index (χ3v) is 2.98. The summed E-state index contributed by atoms with van der Waals surface area (Å²) in [5, 5.41) is 11.6. The normalized spacial score (nSPS) is 13.8. The Labute approximate surface area is 103 Å². The first kappa shape index (κ1) is 13.5. The Balaban J connectivity index is 2.54. The van der Waals surface area contributed by atoms with Crippen molar-refractivity contribution in [2.75, 3.05) is 13.7 Å². The quantitative estimate of drug-likeness (QED) is 0.820. The van der Waals surface area contributed by atoms with Crippen LogP contribution in [0.3, 0.4) is 0 Å². The molecule has 3 nitrogen and oxygen atoms in total. The molecule has 1 N–H and O–H groups in total. The largest absolute Gasteiger partial charge is 0.491 e. The lowest BCUT2D eigenvalue weighted by Crippen LogP contribution is -2.29. The second-order valence-electron chi connectivity index (χ2n) is 4.16. The van der Waals surface area contributed by atoms with Crippen LogP contribution in [-0.2, 0) is 0 Å². The highest BCUT2D eigenvalue weighted by atomic mass is 16.5. The van der Waals surface area contributed by atoms with Gasteiger partial charge in [-0.05, 0) is 37.1 Å².